The predicted octanol–water partition coefficient (Wildman–Crippen LogP) is 3.26. The molecule has 1 fully saturated rings. The summed E-state index contributed by atoms with van der Waals surface area (Å²) in [7, 11) is 0. The molecule has 2 aromatic carbocycles. The molecule has 1 aliphatic carbocycles. The van der Waals surface area contributed by atoms with E-state index in [1.54, 1.807) is 11.6 Å². The van der Waals surface area contributed by atoms with Gasteiger partial charge in [-0.05, 0) is 48.1 Å². The summed E-state index contributed by atoms with van der Waals surface area (Å²) >= 11 is 0. The molecule has 2 amide bonds. The van der Waals surface area contributed by atoms with Crippen LogP contribution in [-0.2, 0) is 22.6 Å². The summed E-state index contributed by atoms with van der Waals surface area (Å²) in [6.07, 6.45) is 7.95. The van der Waals surface area contributed by atoms with Crippen LogP contribution in [0.3, 0.4) is 0 Å². The van der Waals surface area contributed by atoms with Gasteiger partial charge in [0.25, 0.3) is 5.91 Å². The van der Waals surface area contributed by atoms with Crippen molar-refractivity contribution >= 4 is 28.8 Å². The number of benzene rings is 2. The summed E-state index contributed by atoms with van der Waals surface area (Å²) in [6.45, 7) is 3.06. The van der Waals surface area contributed by atoms with E-state index in [2.05, 4.69) is 39.6 Å². The molecule has 4 N–H and O–H groups in total. The predicted molar refractivity (Wildman–Crippen MR) is 128 cm³/mol. The lowest BCUT2D eigenvalue weighted by molar-refractivity contribution is -0.124. The molecule has 0 radical (unpaired) electrons. The molecule has 0 unspecified atom stereocenters. The van der Waals surface area contributed by atoms with E-state index in [0.29, 0.717) is 6.54 Å². The minimum Gasteiger partial charge on any atom is -0.361 e. The monoisotopic (exact) mass is 446 g/mol. The number of carbonyl (C=O) groups excluding carboxylic acids is 2. The summed E-state index contributed by atoms with van der Waals surface area (Å²) in [5.74, 6) is -0.163. The van der Waals surface area contributed by atoms with E-state index in [1.807, 2.05) is 30.3 Å². The molecule has 0 atom stereocenters. The van der Waals surface area contributed by atoms with Gasteiger partial charge in [-0.2, -0.15) is 0 Å². The van der Waals surface area contributed by atoms with E-state index in [9.17, 15) is 9.59 Å². The SMILES string of the molecule is O=C(C=Cc1ccc(CN(CCNC(=O)C2CC2)CCc2c[nH]c3ccccc23)cc1)NO. The van der Waals surface area contributed by atoms with Gasteiger partial charge in [-0.1, -0.05) is 42.5 Å². The highest BCUT2D eigenvalue weighted by atomic mass is 16.5. The molecule has 3 aromatic rings. The first-order valence-electron chi connectivity index (χ1n) is 11.4. The first-order chi connectivity index (χ1) is 16.1. The van der Waals surface area contributed by atoms with E-state index in [1.165, 1.54) is 17.0 Å². The van der Waals surface area contributed by atoms with Crippen LogP contribution < -0.4 is 10.8 Å². The van der Waals surface area contributed by atoms with Crippen LogP contribution in [0.2, 0.25) is 0 Å². The fraction of sp³-hybridized carbons (Fsp3) is 0.308. The lowest BCUT2D eigenvalue weighted by atomic mass is 10.1. The second-order valence-corrected chi connectivity index (χ2v) is 8.50. The summed E-state index contributed by atoms with van der Waals surface area (Å²) in [5, 5.41) is 12.9. The fourth-order valence-corrected chi connectivity index (χ4v) is 3.92. The molecule has 0 spiro atoms. The van der Waals surface area contributed by atoms with Crippen molar-refractivity contribution in [1.29, 1.82) is 0 Å². The molecular formula is C26H30N4O3. The zero-order chi connectivity index (χ0) is 23.0. The van der Waals surface area contributed by atoms with Crippen molar-refractivity contribution in [3.63, 3.8) is 0 Å². The number of hydrogen-bond donors (Lipinski definition) is 4. The standard InChI is InChI=1S/C26H30N4O3/c31-25(29-33)12-9-19-5-7-20(8-6-19)18-30(16-14-27-26(32)21-10-11-21)15-13-22-17-28-24-4-2-1-3-23(22)24/h1-9,12,17,21,28,33H,10-11,13-16,18H2,(H,27,32)(H,29,31). The maximum Gasteiger partial charge on any atom is 0.267 e. The van der Waals surface area contributed by atoms with E-state index < -0.39 is 5.91 Å². The maximum atomic E-state index is 12.0. The highest BCUT2D eigenvalue weighted by Gasteiger charge is 2.29. The molecule has 1 aliphatic rings. The molecule has 1 aromatic heterocycles. The molecule has 0 aliphatic heterocycles. The van der Waals surface area contributed by atoms with Gasteiger partial charge in [-0.15, -0.1) is 0 Å². The summed E-state index contributed by atoms with van der Waals surface area (Å²) in [4.78, 5) is 28.9. The molecule has 1 heterocycles. The minimum atomic E-state index is -0.559. The van der Waals surface area contributed by atoms with Crippen molar-refractivity contribution in [2.75, 3.05) is 19.6 Å². The molecule has 33 heavy (non-hydrogen) atoms. The van der Waals surface area contributed by atoms with Gasteiger partial charge in [-0.3, -0.25) is 19.7 Å². The number of nitrogens with one attached hydrogen (secondary N) is 3. The Morgan fingerprint density at radius 2 is 1.88 bits per heavy atom. The number of amides is 2. The van der Waals surface area contributed by atoms with Gasteiger partial charge in [0, 0.05) is 55.3 Å². The Morgan fingerprint density at radius 3 is 2.64 bits per heavy atom. The third-order valence-electron chi connectivity index (χ3n) is 5.97. The van der Waals surface area contributed by atoms with E-state index in [-0.39, 0.29) is 11.8 Å². The third-order valence-corrected chi connectivity index (χ3v) is 5.97. The largest absolute Gasteiger partial charge is 0.361 e. The number of hydrogen-bond acceptors (Lipinski definition) is 4. The second kappa shape index (κ2) is 10.9. The van der Waals surface area contributed by atoms with Crippen molar-refractivity contribution in [1.82, 2.24) is 20.7 Å². The molecule has 172 valence electrons. The number of nitrogens with zero attached hydrogens (tertiary/aromatic N) is 1. The average Bonchev–Trinajstić information content (AvgIpc) is 3.62. The fourth-order valence-electron chi connectivity index (χ4n) is 3.92. The van der Waals surface area contributed by atoms with Gasteiger partial charge >= 0.3 is 0 Å². The normalized spacial score (nSPS) is 13.6. The first kappa shape index (κ1) is 22.8. The second-order valence-electron chi connectivity index (χ2n) is 8.50. The van der Waals surface area contributed by atoms with Gasteiger partial charge < -0.3 is 10.3 Å². The molecule has 4 rings (SSSR count). The van der Waals surface area contributed by atoms with Crippen molar-refractivity contribution in [3.05, 3.63) is 77.5 Å². The highest BCUT2D eigenvalue weighted by molar-refractivity contribution is 5.90. The number of para-hydroxylation sites is 1. The van der Waals surface area contributed by atoms with Crippen LogP contribution >= 0.6 is 0 Å². The number of aromatic amines is 1. The summed E-state index contributed by atoms with van der Waals surface area (Å²) in [5.41, 5.74) is 6.06. The summed E-state index contributed by atoms with van der Waals surface area (Å²) in [6, 6.07) is 16.3. The topological polar surface area (TPSA) is 97.5 Å². The quantitative estimate of drug-likeness (QED) is 0.206. The molecule has 0 bridgehead atoms. The Balaban J connectivity index is 1.38. The molecule has 7 nitrogen and oxygen atoms in total. The van der Waals surface area contributed by atoms with Crippen LogP contribution in [0.4, 0.5) is 0 Å². The van der Waals surface area contributed by atoms with E-state index in [0.717, 1.165) is 55.5 Å². The zero-order valence-electron chi connectivity index (χ0n) is 18.6. The molecule has 0 saturated heterocycles. The smallest absolute Gasteiger partial charge is 0.267 e. The average molecular weight is 447 g/mol. The van der Waals surface area contributed by atoms with E-state index in [4.69, 9.17) is 5.21 Å². The minimum absolute atomic E-state index is 0.176. The van der Waals surface area contributed by atoms with Gasteiger partial charge in [0.1, 0.15) is 0 Å². The number of H-pyrrole nitrogens is 1. The van der Waals surface area contributed by atoms with Crippen molar-refractivity contribution in [3.8, 4) is 0 Å². The number of fused-ring (bicyclic) bond motifs is 1. The number of hydroxylamine groups is 1. The Hall–Kier alpha value is -3.42. The van der Waals surface area contributed by atoms with Crippen LogP contribution in [0.1, 0.15) is 29.5 Å². The van der Waals surface area contributed by atoms with Crippen molar-refractivity contribution in [2.45, 2.75) is 25.8 Å². The van der Waals surface area contributed by atoms with Crippen molar-refractivity contribution in [2.24, 2.45) is 5.92 Å². The Bertz CT molecular complexity index is 1120. The van der Waals surface area contributed by atoms with Crippen LogP contribution in [0.15, 0.2) is 60.8 Å². The number of carbonyl (C=O) groups is 2. The Labute approximate surface area is 193 Å². The van der Waals surface area contributed by atoms with Crippen LogP contribution in [-0.4, -0.2) is 46.5 Å². The van der Waals surface area contributed by atoms with Gasteiger partial charge in [0.05, 0.1) is 0 Å². The first-order valence-corrected chi connectivity index (χ1v) is 11.4. The zero-order valence-corrected chi connectivity index (χ0v) is 18.6. The maximum absolute atomic E-state index is 12.0. The Kier molecular flexibility index (Phi) is 7.55. The van der Waals surface area contributed by atoms with Crippen molar-refractivity contribution < 1.29 is 14.8 Å². The lowest BCUT2D eigenvalue weighted by Crippen LogP contribution is -2.36. The summed E-state index contributed by atoms with van der Waals surface area (Å²) < 4.78 is 0. The van der Waals surface area contributed by atoms with Crippen LogP contribution in [0.5, 0.6) is 0 Å². The van der Waals surface area contributed by atoms with Gasteiger partial charge in [0.15, 0.2) is 0 Å². The van der Waals surface area contributed by atoms with Gasteiger partial charge in [-0.25, -0.2) is 5.48 Å². The third kappa shape index (κ3) is 6.54. The lowest BCUT2D eigenvalue weighted by Gasteiger charge is -2.23. The van der Waals surface area contributed by atoms with E-state index >= 15 is 0 Å². The Morgan fingerprint density at radius 1 is 1.09 bits per heavy atom. The van der Waals surface area contributed by atoms with Gasteiger partial charge in [0.2, 0.25) is 5.91 Å². The molecule has 7 heteroatoms. The highest BCUT2D eigenvalue weighted by Crippen LogP contribution is 2.28. The molecule has 1 saturated carbocycles. The van der Waals surface area contributed by atoms with Crippen LogP contribution in [0.25, 0.3) is 17.0 Å². The van der Waals surface area contributed by atoms with Crippen LogP contribution in [0, 0.1) is 5.92 Å². The molecular weight excluding hydrogens is 416 g/mol. The number of aromatic nitrogens is 1. The number of rotatable bonds is 11.